The monoisotopic (exact) mass is 325 g/mol. The van der Waals surface area contributed by atoms with Gasteiger partial charge in [-0.3, -0.25) is 4.79 Å². The van der Waals surface area contributed by atoms with Crippen molar-refractivity contribution in [2.75, 3.05) is 6.61 Å². The van der Waals surface area contributed by atoms with E-state index < -0.39 is 21.7 Å². The predicted octanol–water partition coefficient (Wildman–Crippen LogP) is 2.21. The van der Waals surface area contributed by atoms with Gasteiger partial charge < -0.3 is 4.74 Å². The Kier molecular flexibility index (Phi) is 4.77. The van der Waals surface area contributed by atoms with Crippen molar-refractivity contribution in [1.29, 1.82) is 0 Å². The van der Waals surface area contributed by atoms with Crippen molar-refractivity contribution in [3.8, 4) is 0 Å². The highest BCUT2D eigenvalue weighted by Crippen LogP contribution is 2.22. The van der Waals surface area contributed by atoms with Crippen LogP contribution < -0.4 is 4.72 Å². The number of sulfonamides is 1. The number of hydrogen-bond acceptors (Lipinski definition) is 4. The Hall–Kier alpha value is -1.99. The first-order valence-corrected chi connectivity index (χ1v) is 8.13. The first-order valence-electron chi connectivity index (χ1n) is 6.65. The highest BCUT2D eigenvalue weighted by atomic mass is 32.2. The zero-order valence-corrected chi connectivity index (χ0v) is 13.0. The minimum Gasteiger partial charge on any atom is -0.369 e. The Labute approximate surface area is 128 Å². The molecule has 2 aromatic rings. The maximum atomic E-state index is 14.0. The normalized spacial score (nSPS) is 11.8. The van der Waals surface area contributed by atoms with E-state index >= 15 is 0 Å². The van der Waals surface area contributed by atoms with Gasteiger partial charge in [-0.05, 0) is 31.4 Å². The van der Waals surface area contributed by atoms with E-state index in [1.54, 1.807) is 38.1 Å². The number of rotatable bonds is 5. The molecule has 0 radical (unpaired) electrons. The topological polar surface area (TPSA) is 72.5 Å². The number of ether oxygens (including phenoxy) is 1. The number of hydrogen-bond donors (Lipinski definition) is 1. The molecule has 0 unspecified atom stereocenters. The smallest absolute Gasteiger partial charge is 0.264 e. The summed E-state index contributed by atoms with van der Waals surface area (Å²) < 4.78 is 45.1. The number of halogens is 1. The summed E-state index contributed by atoms with van der Waals surface area (Å²) in [5.41, 5.74) is 0. The molecule has 1 amide bonds. The molecule has 22 heavy (non-hydrogen) atoms. The molecule has 0 fully saturated rings. The summed E-state index contributed by atoms with van der Waals surface area (Å²) in [7, 11) is -4.14. The minimum absolute atomic E-state index is 0.202. The van der Waals surface area contributed by atoms with Gasteiger partial charge in [0.25, 0.3) is 15.9 Å². The van der Waals surface area contributed by atoms with E-state index in [0.29, 0.717) is 10.8 Å². The van der Waals surface area contributed by atoms with Gasteiger partial charge in [0.15, 0.2) is 0 Å². The van der Waals surface area contributed by atoms with Gasteiger partial charge in [-0.15, -0.1) is 0 Å². The van der Waals surface area contributed by atoms with Gasteiger partial charge in [-0.2, -0.15) is 0 Å². The molecular formula is C15H16FNO4S. The molecule has 118 valence electrons. The fourth-order valence-electron chi connectivity index (χ4n) is 1.87. The Morgan fingerprint density at radius 1 is 1.27 bits per heavy atom. The van der Waals surface area contributed by atoms with E-state index in [2.05, 4.69) is 0 Å². The average Bonchev–Trinajstić information content (AvgIpc) is 2.44. The molecule has 2 aromatic carbocycles. The van der Waals surface area contributed by atoms with Gasteiger partial charge in [0.2, 0.25) is 0 Å². The average molecular weight is 325 g/mol. The number of carbonyl (C=O) groups is 1. The summed E-state index contributed by atoms with van der Waals surface area (Å²) in [4.78, 5) is 11.3. The largest absolute Gasteiger partial charge is 0.369 e. The second-order valence-electron chi connectivity index (χ2n) is 5.01. The minimum atomic E-state index is -4.14. The second kappa shape index (κ2) is 6.41. The molecule has 7 heteroatoms. The summed E-state index contributed by atoms with van der Waals surface area (Å²) in [5.74, 6) is -1.47. The second-order valence-corrected chi connectivity index (χ2v) is 6.70. The van der Waals surface area contributed by atoms with E-state index in [1.807, 2.05) is 4.72 Å². The molecule has 0 aromatic heterocycles. The summed E-state index contributed by atoms with van der Waals surface area (Å²) >= 11 is 0. The van der Waals surface area contributed by atoms with Crippen LogP contribution in [0.1, 0.15) is 13.8 Å². The van der Waals surface area contributed by atoms with Crippen LogP contribution in [0.25, 0.3) is 10.8 Å². The van der Waals surface area contributed by atoms with E-state index in [-0.39, 0.29) is 17.6 Å². The third-order valence-corrected chi connectivity index (χ3v) is 4.24. The molecule has 0 aliphatic carbocycles. The third kappa shape index (κ3) is 3.80. The van der Waals surface area contributed by atoms with Crippen LogP contribution in [0.2, 0.25) is 0 Å². The van der Waals surface area contributed by atoms with E-state index in [1.165, 1.54) is 6.07 Å². The Morgan fingerprint density at radius 2 is 1.95 bits per heavy atom. The van der Waals surface area contributed by atoms with Crippen molar-refractivity contribution >= 4 is 26.7 Å². The highest BCUT2D eigenvalue weighted by Gasteiger charge is 2.20. The molecule has 0 aliphatic heterocycles. The fourth-order valence-corrected chi connectivity index (χ4v) is 2.89. The summed E-state index contributed by atoms with van der Waals surface area (Å²) in [6, 6.07) is 8.69. The van der Waals surface area contributed by atoms with Crippen LogP contribution in [0.4, 0.5) is 4.39 Å². The SMILES string of the molecule is CC(C)OCC(=O)NS(=O)(=O)c1cc(F)c2ccccc2c1. The molecule has 0 atom stereocenters. The molecular weight excluding hydrogens is 309 g/mol. The van der Waals surface area contributed by atoms with Gasteiger partial charge in [0.1, 0.15) is 12.4 Å². The van der Waals surface area contributed by atoms with Crippen LogP contribution in [0, 0.1) is 5.82 Å². The zero-order chi connectivity index (χ0) is 16.3. The van der Waals surface area contributed by atoms with E-state index in [4.69, 9.17) is 4.74 Å². The summed E-state index contributed by atoms with van der Waals surface area (Å²) in [6.45, 7) is 3.06. The summed E-state index contributed by atoms with van der Waals surface area (Å²) in [5, 5.41) is 0.754. The molecule has 0 aliphatic rings. The number of fused-ring (bicyclic) bond motifs is 1. The number of carbonyl (C=O) groups excluding carboxylic acids is 1. The predicted molar refractivity (Wildman–Crippen MR) is 80.3 cm³/mol. The molecule has 0 bridgehead atoms. The number of nitrogens with one attached hydrogen (secondary N) is 1. The summed E-state index contributed by atoms with van der Waals surface area (Å²) in [6.07, 6.45) is -0.202. The van der Waals surface area contributed by atoms with Gasteiger partial charge in [0.05, 0.1) is 11.0 Å². The maximum Gasteiger partial charge on any atom is 0.264 e. The molecule has 0 saturated carbocycles. The lowest BCUT2D eigenvalue weighted by atomic mass is 10.1. The first kappa shape index (κ1) is 16.4. The maximum absolute atomic E-state index is 14.0. The van der Waals surface area contributed by atoms with Crippen LogP contribution in [-0.4, -0.2) is 27.0 Å². The van der Waals surface area contributed by atoms with Crippen LogP contribution in [0.15, 0.2) is 41.3 Å². The zero-order valence-electron chi connectivity index (χ0n) is 12.2. The highest BCUT2D eigenvalue weighted by molar-refractivity contribution is 7.90. The Bertz CT molecular complexity index is 802. The van der Waals surface area contributed by atoms with Gasteiger partial charge in [-0.25, -0.2) is 17.5 Å². The molecule has 1 N–H and O–H groups in total. The van der Waals surface area contributed by atoms with Crippen LogP contribution in [0.3, 0.4) is 0 Å². The van der Waals surface area contributed by atoms with Gasteiger partial charge in [0, 0.05) is 5.39 Å². The van der Waals surface area contributed by atoms with E-state index in [9.17, 15) is 17.6 Å². The third-order valence-electron chi connectivity index (χ3n) is 2.89. The van der Waals surface area contributed by atoms with Crippen LogP contribution in [0.5, 0.6) is 0 Å². The lowest BCUT2D eigenvalue weighted by Gasteiger charge is -2.10. The molecule has 0 spiro atoms. The standard InChI is InChI=1S/C15H16FNO4S/c1-10(2)21-9-15(18)17-22(19,20)12-7-11-5-3-4-6-13(11)14(16)8-12/h3-8,10H,9H2,1-2H3,(H,17,18). The van der Waals surface area contributed by atoms with E-state index in [0.717, 1.165) is 6.07 Å². The number of benzene rings is 2. The van der Waals surface area contributed by atoms with Crippen molar-refractivity contribution < 1.29 is 22.3 Å². The quantitative estimate of drug-likeness (QED) is 0.915. The van der Waals surface area contributed by atoms with Crippen LogP contribution in [-0.2, 0) is 19.6 Å². The van der Waals surface area contributed by atoms with Crippen molar-refractivity contribution in [1.82, 2.24) is 4.72 Å². The molecule has 2 rings (SSSR count). The molecule has 0 saturated heterocycles. The molecule has 5 nitrogen and oxygen atoms in total. The lowest BCUT2D eigenvalue weighted by molar-refractivity contribution is -0.125. The van der Waals surface area contributed by atoms with Crippen LogP contribution >= 0.6 is 0 Å². The fraction of sp³-hybridized carbons (Fsp3) is 0.267. The number of amides is 1. The van der Waals surface area contributed by atoms with Crippen molar-refractivity contribution in [2.24, 2.45) is 0 Å². The molecule has 0 heterocycles. The van der Waals surface area contributed by atoms with Crippen molar-refractivity contribution in [3.63, 3.8) is 0 Å². The Balaban J connectivity index is 2.28. The van der Waals surface area contributed by atoms with Crippen molar-refractivity contribution in [3.05, 3.63) is 42.2 Å². The Morgan fingerprint density at radius 3 is 2.64 bits per heavy atom. The van der Waals surface area contributed by atoms with Gasteiger partial charge in [-0.1, -0.05) is 24.3 Å². The van der Waals surface area contributed by atoms with Crippen molar-refractivity contribution in [2.45, 2.75) is 24.8 Å². The lowest BCUT2D eigenvalue weighted by Crippen LogP contribution is -2.34. The first-order chi connectivity index (χ1) is 10.3. The van der Waals surface area contributed by atoms with Gasteiger partial charge >= 0.3 is 0 Å².